The van der Waals surface area contributed by atoms with Crippen molar-refractivity contribution in [1.82, 2.24) is 0 Å². The third-order valence-electron chi connectivity index (χ3n) is 15.8. The Labute approximate surface area is 478 Å². The monoisotopic (exact) mass is 1120 g/mol. The smallest absolute Gasteiger partial charge is 0.200 e. The van der Waals surface area contributed by atoms with E-state index in [9.17, 15) is 22.0 Å². The summed E-state index contributed by atoms with van der Waals surface area (Å²) in [5, 5.41) is 0. The fourth-order valence-corrected chi connectivity index (χ4v) is 15.9. The van der Waals surface area contributed by atoms with E-state index in [0.717, 1.165) is 36.2 Å². The number of ether oxygens (including phenoxy) is 2. The summed E-state index contributed by atoms with van der Waals surface area (Å²) in [5.41, 5.74) is 7.35. The molecule has 0 aliphatic heterocycles. The molecular formula is C71H77F5O2S2+2. The molecule has 3 saturated carbocycles. The van der Waals surface area contributed by atoms with E-state index in [1.165, 1.54) is 131 Å². The predicted octanol–water partition coefficient (Wildman–Crippen LogP) is 20.7. The van der Waals surface area contributed by atoms with Crippen LogP contribution in [0.15, 0.2) is 205 Å². The maximum atomic E-state index is 12.4. The van der Waals surface area contributed by atoms with Gasteiger partial charge in [0, 0.05) is 17.7 Å². The number of hydrogen-bond acceptors (Lipinski definition) is 2. The Bertz CT molecular complexity index is 2900. The van der Waals surface area contributed by atoms with Gasteiger partial charge in [0.1, 0.15) is 11.5 Å². The molecular weight excluding hydrogens is 1040 g/mol. The summed E-state index contributed by atoms with van der Waals surface area (Å²) in [5.74, 6) is -5.19. The van der Waals surface area contributed by atoms with E-state index < -0.39 is 34.6 Å². The molecule has 9 heteroatoms. The third kappa shape index (κ3) is 15.6. The van der Waals surface area contributed by atoms with Crippen LogP contribution in [0.3, 0.4) is 0 Å². The van der Waals surface area contributed by atoms with Gasteiger partial charge in [-0.05, 0) is 178 Å². The standard InChI is InChI=1S/C25H38.C21H21O2S.C18H15S.C7H3F5/c1-19-24(21-13-7-3-8-14-21)17-23(20-11-5-2-6-12-20)18-25(19)22-15-9-4-10-16-22;1-16-7-4-10-19(13-16)24(20-11-5-8-17(14-20)22-2)21-12-6-9-18(15-21)23-3;1-4-10-16(11-5-1)19(17-12-6-2-7-13-17)18-14-8-3-9-15-18;1-2-3(8)5(10)7(12)6(11)4(2)9/h17-18,20-22H,2-16H2,1H3;4-15H,1-3H3;1-15H;1H3/q;2*+1;. The third-order valence-corrected chi connectivity index (χ3v) is 20.2. The van der Waals surface area contributed by atoms with Crippen molar-refractivity contribution in [2.24, 2.45) is 0 Å². The van der Waals surface area contributed by atoms with Crippen LogP contribution < -0.4 is 9.47 Å². The van der Waals surface area contributed by atoms with Gasteiger partial charge in [0.15, 0.2) is 52.6 Å². The number of halogens is 5. The average molecular weight is 1120 g/mol. The van der Waals surface area contributed by atoms with Crippen molar-refractivity contribution >= 4 is 21.8 Å². The molecule has 0 unspecified atom stereocenters. The minimum Gasteiger partial charge on any atom is -0.497 e. The van der Waals surface area contributed by atoms with E-state index in [1.54, 1.807) is 36.5 Å². The van der Waals surface area contributed by atoms with Gasteiger partial charge in [0.05, 0.1) is 36.0 Å². The summed E-state index contributed by atoms with van der Waals surface area (Å²) in [6.45, 7) is 5.41. The maximum absolute atomic E-state index is 12.4. The highest BCUT2D eigenvalue weighted by Crippen LogP contribution is 2.44. The topological polar surface area (TPSA) is 18.5 Å². The van der Waals surface area contributed by atoms with Crippen LogP contribution in [0, 0.1) is 49.9 Å². The second-order valence-corrected chi connectivity index (χ2v) is 25.3. The number of aryl methyl sites for hydroxylation is 1. The number of hydrogen-bond donors (Lipinski definition) is 0. The Kier molecular flexibility index (Phi) is 22.4. The van der Waals surface area contributed by atoms with Gasteiger partial charge in [-0.3, -0.25) is 0 Å². The lowest BCUT2D eigenvalue weighted by molar-refractivity contribution is 0.373. The zero-order chi connectivity index (χ0) is 56.4. The maximum Gasteiger partial charge on any atom is 0.200 e. The molecule has 8 aromatic rings. The van der Waals surface area contributed by atoms with Gasteiger partial charge in [0.25, 0.3) is 0 Å². The SMILES string of the molecule is COc1cccc([S+](c2cccc(C)c2)c2cccc(OC)c2)c1.Cc1c(C2CCCCC2)cc(C2CCCCC2)cc1C1CCCCC1.Cc1c(F)c(F)c(F)c(F)c1F.c1ccc([S+](c2ccccc2)c2ccccc2)cc1. The normalized spacial score (nSPS) is 14.9. The summed E-state index contributed by atoms with van der Waals surface area (Å²) in [6.07, 6.45) is 21.8. The van der Waals surface area contributed by atoms with E-state index in [0.29, 0.717) is 0 Å². The number of methoxy groups -OCH3 is 2. The van der Waals surface area contributed by atoms with E-state index in [2.05, 4.69) is 166 Å². The Morgan fingerprint density at radius 2 is 0.650 bits per heavy atom. The van der Waals surface area contributed by atoms with Crippen molar-refractivity contribution in [2.75, 3.05) is 14.2 Å². The van der Waals surface area contributed by atoms with Gasteiger partial charge in [-0.15, -0.1) is 0 Å². The van der Waals surface area contributed by atoms with Crippen molar-refractivity contribution in [3.05, 3.63) is 238 Å². The van der Waals surface area contributed by atoms with E-state index in [1.807, 2.05) is 24.3 Å². The van der Waals surface area contributed by atoms with Gasteiger partial charge in [0.2, 0.25) is 5.82 Å². The van der Waals surface area contributed by atoms with Crippen molar-refractivity contribution in [1.29, 1.82) is 0 Å². The van der Waals surface area contributed by atoms with Crippen LogP contribution >= 0.6 is 0 Å². The highest BCUT2D eigenvalue weighted by Gasteiger charge is 2.31. The molecule has 80 heavy (non-hydrogen) atoms. The molecule has 418 valence electrons. The summed E-state index contributed by atoms with van der Waals surface area (Å²) in [7, 11) is 3.18. The summed E-state index contributed by atoms with van der Waals surface area (Å²) in [6, 6.07) is 62.8. The number of benzene rings is 8. The zero-order valence-corrected chi connectivity index (χ0v) is 48.7. The molecule has 3 fully saturated rings. The summed E-state index contributed by atoms with van der Waals surface area (Å²) >= 11 is 0. The van der Waals surface area contributed by atoms with Crippen molar-refractivity contribution in [2.45, 2.75) is 164 Å². The lowest BCUT2D eigenvalue weighted by atomic mass is 9.74. The molecule has 11 rings (SSSR count). The first-order valence-corrected chi connectivity index (χ1v) is 31.0. The van der Waals surface area contributed by atoms with Crippen LogP contribution in [0.1, 0.15) is 147 Å². The van der Waals surface area contributed by atoms with Crippen molar-refractivity contribution < 1.29 is 31.4 Å². The summed E-state index contributed by atoms with van der Waals surface area (Å²) in [4.78, 5) is 7.83. The second kappa shape index (κ2) is 30.0. The molecule has 0 heterocycles. The fraction of sp³-hybridized carbons (Fsp3) is 0.324. The average Bonchev–Trinajstić information content (AvgIpc) is 3.52. The van der Waals surface area contributed by atoms with Crippen molar-refractivity contribution in [3.63, 3.8) is 0 Å². The molecule has 2 nitrogen and oxygen atoms in total. The second-order valence-electron chi connectivity index (χ2n) is 21.3. The summed E-state index contributed by atoms with van der Waals surface area (Å²) < 4.78 is 72.4. The predicted molar refractivity (Wildman–Crippen MR) is 320 cm³/mol. The molecule has 0 radical (unpaired) electrons. The first kappa shape index (κ1) is 59.8. The Morgan fingerprint density at radius 1 is 0.325 bits per heavy atom. The van der Waals surface area contributed by atoms with Gasteiger partial charge in [-0.2, -0.15) is 0 Å². The Balaban J connectivity index is 0.000000144. The molecule has 0 saturated heterocycles. The van der Waals surface area contributed by atoms with Crippen LogP contribution in [0.4, 0.5) is 22.0 Å². The lowest BCUT2D eigenvalue weighted by Gasteiger charge is -2.31. The van der Waals surface area contributed by atoms with Crippen molar-refractivity contribution in [3.8, 4) is 11.5 Å². The molecule has 0 bridgehead atoms. The molecule has 3 aliphatic rings. The van der Waals surface area contributed by atoms with Gasteiger partial charge in [-0.25, -0.2) is 22.0 Å². The highest BCUT2D eigenvalue weighted by atomic mass is 32.2. The fourth-order valence-electron chi connectivity index (χ4n) is 11.5. The van der Waals surface area contributed by atoms with Crippen LogP contribution in [0.25, 0.3) is 0 Å². The lowest BCUT2D eigenvalue weighted by Crippen LogP contribution is -2.14. The quantitative estimate of drug-likeness (QED) is 0.0556. The van der Waals surface area contributed by atoms with Crippen LogP contribution in [-0.4, -0.2) is 14.2 Å². The molecule has 0 N–H and O–H groups in total. The largest absolute Gasteiger partial charge is 0.497 e. The Morgan fingerprint density at radius 3 is 1.02 bits per heavy atom. The molecule has 0 aromatic heterocycles. The first-order chi connectivity index (χ1) is 38.9. The van der Waals surface area contributed by atoms with Gasteiger partial charge >= 0.3 is 0 Å². The van der Waals surface area contributed by atoms with Gasteiger partial charge < -0.3 is 9.47 Å². The van der Waals surface area contributed by atoms with E-state index in [-0.39, 0.29) is 21.8 Å². The van der Waals surface area contributed by atoms with E-state index in [4.69, 9.17) is 9.47 Å². The molecule has 0 atom stereocenters. The van der Waals surface area contributed by atoms with E-state index >= 15 is 0 Å². The molecule has 0 spiro atoms. The minimum absolute atomic E-state index is 0.0146. The molecule has 0 amide bonds. The number of rotatable bonds is 11. The van der Waals surface area contributed by atoms with Gasteiger partial charge in [-0.1, -0.05) is 149 Å². The van der Waals surface area contributed by atoms with Crippen LogP contribution in [0.2, 0.25) is 0 Å². The zero-order valence-electron chi connectivity index (χ0n) is 47.1. The van der Waals surface area contributed by atoms with Crippen LogP contribution in [-0.2, 0) is 21.8 Å². The first-order valence-electron chi connectivity index (χ1n) is 28.6. The molecule has 3 aliphatic carbocycles. The minimum atomic E-state index is -2.13. The Hall–Kier alpha value is -6.29. The molecule has 8 aromatic carbocycles. The van der Waals surface area contributed by atoms with Crippen LogP contribution in [0.5, 0.6) is 11.5 Å². The highest BCUT2D eigenvalue weighted by molar-refractivity contribution is 7.97.